The van der Waals surface area contributed by atoms with Crippen molar-refractivity contribution in [1.29, 1.82) is 0 Å². The molecule has 4 aromatic rings. The summed E-state index contributed by atoms with van der Waals surface area (Å²) in [6, 6.07) is 35.2. The van der Waals surface area contributed by atoms with E-state index in [1.54, 1.807) is 0 Å². The Morgan fingerprint density at radius 2 is 1.23 bits per heavy atom. The maximum Gasteiger partial charge on any atom is 0.694 e. The molecule has 0 fully saturated rings. The third-order valence-corrected chi connectivity index (χ3v) is 5.93. The fourth-order valence-electron chi connectivity index (χ4n) is 4.12. The smallest absolute Gasteiger partial charge is 0.133 e. The third kappa shape index (κ3) is 4.83. The summed E-state index contributed by atoms with van der Waals surface area (Å²) in [5.41, 5.74) is 2.95. The topological polar surface area (TPSA) is 46.5 Å². The van der Waals surface area contributed by atoms with E-state index in [4.69, 9.17) is 4.52 Å². The lowest BCUT2D eigenvalue weighted by atomic mass is 9.71. The molecular formula is C26H24O3P+. The van der Waals surface area contributed by atoms with Crippen LogP contribution in [0.4, 0.5) is 0 Å². The molecule has 150 valence electrons. The molecule has 0 saturated heterocycles. The van der Waals surface area contributed by atoms with Crippen LogP contribution in [0, 0.1) is 0 Å². The van der Waals surface area contributed by atoms with Gasteiger partial charge in [0.1, 0.15) is 6.61 Å². The molecule has 0 saturated carbocycles. The van der Waals surface area contributed by atoms with Gasteiger partial charge in [0.25, 0.3) is 0 Å². The molecule has 1 atom stereocenters. The second-order valence-electron chi connectivity index (χ2n) is 7.68. The van der Waals surface area contributed by atoms with Gasteiger partial charge in [-0.1, -0.05) is 103 Å². The molecule has 0 amide bonds. The van der Waals surface area contributed by atoms with E-state index in [0.29, 0.717) is 12.8 Å². The largest absolute Gasteiger partial charge is 0.694 e. The second kappa shape index (κ2) is 9.32. The van der Waals surface area contributed by atoms with Gasteiger partial charge in [-0.05, 0) is 40.3 Å². The van der Waals surface area contributed by atoms with Crippen molar-refractivity contribution in [1.82, 2.24) is 0 Å². The number of rotatable bonds is 8. The van der Waals surface area contributed by atoms with E-state index in [-0.39, 0.29) is 6.61 Å². The average molecular weight is 415 g/mol. The minimum Gasteiger partial charge on any atom is -0.133 e. The van der Waals surface area contributed by atoms with Gasteiger partial charge in [0.15, 0.2) is 0 Å². The average Bonchev–Trinajstić information content (AvgIpc) is 2.78. The van der Waals surface area contributed by atoms with Crippen molar-refractivity contribution >= 4 is 19.0 Å². The van der Waals surface area contributed by atoms with Crippen molar-refractivity contribution in [3.63, 3.8) is 0 Å². The molecule has 1 unspecified atom stereocenters. The lowest BCUT2D eigenvalue weighted by molar-refractivity contribution is 0.199. The monoisotopic (exact) mass is 415 g/mol. The minimum absolute atomic E-state index is 0.154. The molecule has 0 aromatic heterocycles. The molecular weight excluding hydrogens is 391 g/mol. The Morgan fingerprint density at radius 3 is 1.80 bits per heavy atom. The summed E-state index contributed by atoms with van der Waals surface area (Å²) in [6.07, 6.45) is 1.40. The summed E-state index contributed by atoms with van der Waals surface area (Å²) in [7, 11) is -2.69. The first kappa shape index (κ1) is 20.4. The molecule has 0 radical (unpaired) electrons. The normalized spacial score (nSPS) is 12.1. The number of hydrogen-bond acceptors (Lipinski definition) is 2. The molecule has 1 N–H and O–H groups in total. The summed E-state index contributed by atoms with van der Waals surface area (Å²) in [4.78, 5) is 9.45. The lowest BCUT2D eigenvalue weighted by Crippen LogP contribution is -2.36. The lowest BCUT2D eigenvalue weighted by Gasteiger charge is -2.33. The van der Waals surface area contributed by atoms with Gasteiger partial charge in [-0.3, -0.25) is 0 Å². The van der Waals surface area contributed by atoms with E-state index in [1.807, 2.05) is 48.5 Å². The van der Waals surface area contributed by atoms with Gasteiger partial charge in [0.2, 0.25) is 0 Å². The Morgan fingerprint density at radius 1 is 0.700 bits per heavy atom. The Kier molecular flexibility index (Phi) is 6.35. The van der Waals surface area contributed by atoms with Gasteiger partial charge in [0.05, 0.1) is 0 Å². The van der Waals surface area contributed by atoms with Crippen LogP contribution in [-0.4, -0.2) is 11.5 Å². The van der Waals surface area contributed by atoms with Crippen molar-refractivity contribution in [3.05, 3.63) is 120 Å². The summed E-state index contributed by atoms with van der Waals surface area (Å²) in [5, 5.41) is 2.32. The number of hydrogen-bond donors (Lipinski definition) is 1. The zero-order chi connectivity index (χ0) is 20.8. The van der Waals surface area contributed by atoms with Crippen molar-refractivity contribution in [2.24, 2.45) is 0 Å². The standard InChI is InChI=1S/C26H23O3P/c27-30(28)29-20-26(18-21-9-3-1-4-10-21,19-22-11-5-2-6-12-22)25-16-15-23-13-7-8-14-24(23)17-25/h1-17H,18-20H2/p+1. The van der Waals surface area contributed by atoms with Crippen LogP contribution >= 0.6 is 8.25 Å². The predicted molar refractivity (Wildman–Crippen MR) is 122 cm³/mol. The van der Waals surface area contributed by atoms with E-state index < -0.39 is 13.7 Å². The van der Waals surface area contributed by atoms with E-state index in [1.165, 1.54) is 16.5 Å². The Balaban J connectivity index is 1.85. The van der Waals surface area contributed by atoms with E-state index in [0.717, 1.165) is 10.9 Å². The first-order valence-corrected chi connectivity index (χ1v) is 11.1. The van der Waals surface area contributed by atoms with Crippen LogP contribution in [0.3, 0.4) is 0 Å². The molecule has 0 aliphatic carbocycles. The number of fused-ring (bicyclic) bond motifs is 1. The molecule has 0 aliphatic rings. The van der Waals surface area contributed by atoms with Gasteiger partial charge < -0.3 is 0 Å². The molecule has 4 heteroatoms. The fourth-order valence-corrected chi connectivity index (χ4v) is 4.48. The molecule has 0 bridgehead atoms. The molecule has 30 heavy (non-hydrogen) atoms. The number of benzene rings is 4. The summed E-state index contributed by atoms with van der Waals surface area (Å²) in [6.45, 7) is 0.154. The quantitative estimate of drug-likeness (QED) is 0.347. The zero-order valence-corrected chi connectivity index (χ0v) is 17.5. The fraction of sp³-hybridized carbons (Fsp3) is 0.154. The van der Waals surface area contributed by atoms with Gasteiger partial charge in [-0.25, -0.2) is 0 Å². The molecule has 4 rings (SSSR count). The summed E-state index contributed by atoms with van der Waals surface area (Å²) >= 11 is 0. The highest BCUT2D eigenvalue weighted by Crippen LogP contribution is 2.37. The summed E-state index contributed by atoms with van der Waals surface area (Å²) in [5.74, 6) is 0. The van der Waals surface area contributed by atoms with Crippen molar-refractivity contribution in [2.75, 3.05) is 6.61 Å². The molecule has 0 heterocycles. The highest BCUT2D eigenvalue weighted by Gasteiger charge is 2.37. The van der Waals surface area contributed by atoms with Crippen molar-refractivity contribution in [3.8, 4) is 0 Å². The van der Waals surface area contributed by atoms with Crippen LogP contribution in [-0.2, 0) is 27.3 Å². The van der Waals surface area contributed by atoms with Crippen LogP contribution in [0.25, 0.3) is 10.8 Å². The SMILES string of the molecule is O=[P+](O)OCC(Cc1ccccc1)(Cc1ccccc1)c1ccc2ccccc2c1. The Hall–Kier alpha value is -2.84. The van der Waals surface area contributed by atoms with Gasteiger partial charge in [-0.2, -0.15) is 0 Å². The van der Waals surface area contributed by atoms with Gasteiger partial charge in [0, 0.05) is 9.98 Å². The Labute approximate surface area is 177 Å². The maximum absolute atomic E-state index is 11.5. The van der Waals surface area contributed by atoms with Crippen LogP contribution in [0.2, 0.25) is 0 Å². The molecule has 4 aromatic carbocycles. The van der Waals surface area contributed by atoms with E-state index >= 15 is 0 Å². The van der Waals surface area contributed by atoms with Gasteiger partial charge in [-0.15, -0.1) is 9.42 Å². The maximum atomic E-state index is 11.5. The first-order chi connectivity index (χ1) is 14.6. The van der Waals surface area contributed by atoms with Crippen molar-refractivity contribution in [2.45, 2.75) is 18.3 Å². The van der Waals surface area contributed by atoms with Crippen molar-refractivity contribution < 1.29 is 14.0 Å². The van der Waals surface area contributed by atoms with Gasteiger partial charge >= 0.3 is 8.25 Å². The highest BCUT2D eigenvalue weighted by atomic mass is 31.1. The highest BCUT2D eigenvalue weighted by molar-refractivity contribution is 7.32. The first-order valence-electron chi connectivity index (χ1n) is 10.0. The van der Waals surface area contributed by atoms with E-state index in [2.05, 4.69) is 54.6 Å². The van der Waals surface area contributed by atoms with Crippen LogP contribution in [0.15, 0.2) is 103 Å². The second-order valence-corrected chi connectivity index (χ2v) is 8.41. The van der Waals surface area contributed by atoms with Crippen LogP contribution in [0.1, 0.15) is 16.7 Å². The Bertz CT molecular complexity index is 1090. The minimum atomic E-state index is -2.69. The van der Waals surface area contributed by atoms with Crippen LogP contribution in [0.5, 0.6) is 0 Å². The van der Waals surface area contributed by atoms with E-state index in [9.17, 15) is 9.46 Å². The third-order valence-electron chi connectivity index (χ3n) is 5.58. The van der Waals surface area contributed by atoms with Crippen LogP contribution < -0.4 is 0 Å². The zero-order valence-electron chi connectivity index (χ0n) is 16.6. The summed E-state index contributed by atoms with van der Waals surface area (Å²) < 4.78 is 16.9. The predicted octanol–water partition coefficient (Wildman–Crippen LogP) is 6.23. The molecule has 0 aliphatic heterocycles. The molecule has 3 nitrogen and oxygen atoms in total. The molecule has 0 spiro atoms.